The molecule has 0 amide bonds. The topological polar surface area (TPSA) is 84.4 Å². The Balaban J connectivity index is 2.51. The van der Waals surface area contributed by atoms with E-state index >= 15 is 0 Å². The summed E-state index contributed by atoms with van der Waals surface area (Å²) >= 11 is 0. The first-order valence-electron chi connectivity index (χ1n) is 6.44. The summed E-state index contributed by atoms with van der Waals surface area (Å²) in [5, 5.41) is 25.6. The normalized spacial score (nSPS) is 23.4. The highest BCUT2D eigenvalue weighted by Gasteiger charge is 2.38. The first-order valence-corrected chi connectivity index (χ1v) is 6.44. The van der Waals surface area contributed by atoms with Crippen LogP contribution in [-0.4, -0.2) is 38.5 Å². The molecule has 1 aromatic rings. The number of nitro groups is 1. The summed E-state index contributed by atoms with van der Waals surface area (Å²) in [4.78, 5) is 12.7. The molecule has 2 rings (SSSR count). The molecule has 1 aliphatic rings. The summed E-state index contributed by atoms with van der Waals surface area (Å²) in [5.41, 5.74) is -0.333. The monoisotopic (exact) mass is 268 g/mol. The van der Waals surface area contributed by atoms with Crippen molar-refractivity contribution in [2.75, 3.05) is 18.0 Å². The lowest BCUT2D eigenvalue weighted by Crippen LogP contribution is -2.31. The van der Waals surface area contributed by atoms with Gasteiger partial charge in [-0.2, -0.15) is 5.10 Å². The predicted octanol–water partition coefficient (Wildman–Crippen LogP) is 1.64. The number of β-amino-alcohol motifs (C(OH)–C–C–N with tert-alkyl or cyclic N) is 1. The van der Waals surface area contributed by atoms with E-state index < -0.39 is 5.60 Å². The second-order valence-corrected chi connectivity index (χ2v) is 5.72. The summed E-state index contributed by atoms with van der Waals surface area (Å²) in [6.45, 7) is 8.27. The summed E-state index contributed by atoms with van der Waals surface area (Å²) < 4.78 is 1.68. The van der Waals surface area contributed by atoms with E-state index in [1.807, 2.05) is 18.7 Å². The number of aliphatic hydroxyl groups is 1. The van der Waals surface area contributed by atoms with Gasteiger partial charge in [-0.05, 0) is 34.1 Å². The maximum absolute atomic E-state index is 11.3. The lowest BCUT2D eigenvalue weighted by molar-refractivity contribution is -0.384. The zero-order chi connectivity index (χ0) is 14.4. The first kappa shape index (κ1) is 13.8. The molecule has 7 nitrogen and oxygen atoms in total. The van der Waals surface area contributed by atoms with Gasteiger partial charge in [0.1, 0.15) is 5.69 Å². The van der Waals surface area contributed by atoms with Crippen LogP contribution >= 0.6 is 0 Å². The molecule has 0 bridgehead atoms. The van der Waals surface area contributed by atoms with E-state index in [0.717, 1.165) is 0 Å². The molecule has 1 atom stereocenters. The molecule has 7 heteroatoms. The van der Waals surface area contributed by atoms with E-state index in [-0.39, 0.29) is 16.7 Å². The highest BCUT2D eigenvalue weighted by atomic mass is 16.6. The Labute approximate surface area is 112 Å². The minimum absolute atomic E-state index is 0.0351. The Bertz CT molecular complexity index is 507. The number of rotatable bonds is 3. The van der Waals surface area contributed by atoms with Gasteiger partial charge in [-0.15, -0.1) is 0 Å². The maximum Gasteiger partial charge on any atom is 0.333 e. The third-order valence-electron chi connectivity index (χ3n) is 3.45. The predicted molar refractivity (Wildman–Crippen MR) is 71.5 cm³/mol. The average molecular weight is 268 g/mol. The van der Waals surface area contributed by atoms with Crippen molar-refractivity contribution in [3.05, 3.63) is 15.8 Å². The quantitative estimate of drug-likeness (QED) is 0.665. The number of nitrogens with zero attached hydrogens (tertiary/aromatic N) is 4. The molecule has 0 radical (unpaired) electrons. The third kappa shape index (κ3) is 2.42. The van der Waals surface area contributed by atoms with E-state index in [1.165, 1.54) is 0 Å². The lowest BCUT2D eigenvalue weighted by atomic mass is 10.1. The van der Waals surface area contributed by atoms with Crippen LogP contribution in [-0.2, 0) is 0 Å². The van der Waals surface area contributed by atoms with Crippen molar-refractivity contribution in [1.29, 1.82) is 0 Å². The number of hydrogen-bond donors (Lipinski definition) is 1. The van der Waals surface area contributed by atoms with Crippen LogP contribution in [0.4, 0.5) is 11.5 Å². The SMILES string of the molecule is Cc1nn(C(C)C)c(N2CCC(C)(O)C2)c1[N+](=O)[O-]. The Morgan fingerprint density at radius 3 is 2.58 bits per heavy atom. The zero-order valence-corrected chi connectivity index (χ0v) is 11.8. The molecule has 2 heterocycles. The molecule has 1 aromatic heterocycles. The molecule has 0 saturated carbocycles. The first-order chi connectivity index (χ1) is 8.73. The zero-order valence-electron chi connectivity index (χ0n) is 11.8. The number of aryl methyl sites for hydroxylation is 1. The van der Waals surface area contributed by atoms with Gasteiger partial charge in [0.05, 0.1) is 10.5 Å². The highest BCUT2D eigenvalue weighted by Crippen LogP contribution is 2.37. The van der Waals surface area contributed by atoms with Gasteiger partial charge in [0.2, 0.25) is 5.82 Å². The summed E-state index contributed by atoms with van der Waals surface area (Å²) in [7, 11) is 0. The molecule has 1 fully saturated rings. The highest BCUT2D eigenvalue weighted by molar-refractivity contribution is 5.62. The maximum atomic E-state index is 11.3. The Hall–Kier alpha value is -1.63. The van der Waals surface area contributed by atoms with E-state index in [0.29, 0.717) is 31.0 Å². The molecular weight excluding hydrogens is 248 g/mol. The summed E-state index contributed by atoms with van der Waals surface area (Å²) in [5.74, 6) is 0.510. The third-order valence-corrected chi connectivity index (χ3v) is 3.45. The lowest BCUT2D eigenvalue weighted by Gasteiger charge is -2.22. The van der Waals surface area contributed by atoms with Crippen molar-refractivity contribution in [1.82, 2.24) is 9.78 Å². The van der Waals surface area contributed by atoms with Crippen molar-refractivity contribution in [2.45, 2.75) is 45.8 Å². The summed E-state index contributed by atoms with van der Waals surface area (Å²) in [6, 6.07) is 0.0351. The standard InChI is InChI=1S/C12H20N4O3/c1-8(2)15-11(10(16(18)19)9(3)13-15)14-6-5-12(4,17)7-14/h8,17H,5-7H2,1-4H3. The van der Waals surface area contributed by atoms with Crippen LogP contribution in [0.1, 0.15) is 38.9 Å². The molecule has 0 aliphatic carbocycles. The minimum atomic E-state index is -0.798. The fourth-order valence-electron chi connectivity index (χ4n) is 2.52. The van der Waals surface area contributed by atoms with Crippen molar-refractivity contribution >= 4 is 11.5 Å². The van der Waals surface area contributed by atoms with Crippen LogP contribution in [0.2, 0.25) is 0 Å². The molecule has 1 unspecified atom stereocenters. The Morgan fingerprint density at radius 1 is 1.53 bits per heavy atom. The smallest absolute Gasteiger partial charge is 0.333 e. The fourth-order valence-corrected chi connectivity index (χ4v) is 2.52. The average Bonchev–Trinajstić information content (AvgIpc) is 2.78. The molecule has 106 valence electrons. The van der Waals surface area contributed by atoms with Gasteiger partial charge in [-0.25, -0.2) is 4.68 Å². The van der Waals surface area contributed by atoms with Gasteiger partial charge in [-0.3, -0.25) is 10.1 Å². The van der Waals surface area contributed by atoms with Gasteiger partial charge < -0.3 is 10.0 Å². The van der Waals surface area contributed by atoms with E-state index in [4.69, 9.17) is 0 Å². The molecule has 0 spiro atoms. The second kappa shape index (κ2) is 4.48. The Morgan fingerprint density at radius 2 is 2.16 bits per heavy atom. The van der Waals surface area contributed by atoms with E-state index in [1.54, 1.807) is 18.5 Å². The van der Waals surface area contributed by atoms with E-state index in [2.05, 4.69) is 5.10 Å². The minimum Gasteiger partial charge on any atom is -0.388 e. The van der Waals surface area contributed by atoms with Crippen LogP contribution in [0.15, 0.2) is 0 Å². The van der Waals surface area contributed by atoms with Gasteiger partial charge >= 0.3 is 5.69 Å². The van der Waals surface area contributed by atoms with Crippen molar-refractivity contribution in [2.24, 2.45) is 0 Å². The fraction of sp³-hybridized carbons (Fsp3) is 0.750. The van der Waals surface area contributed by atoms with Gasteiger partial charge in [-0.1, -0.05) is 0 Å². The number of aromatic nitrogens is 2. The van der Waals surface area contributed by atoms with Crippen LogP contribution in [0, 0.1) is 17.0 Å². The molecule has 0 aromatic carbocycles. The van der Waals surface area contributed by atoms with Crippen molar-refractivity contribution < 1.29 is 10.0 Å². The second-order valence-electron chi connectivity index (χ2n) is 5.72. The van der Waals surface area contributed by atoms with Crippen LogP contribution in [0.5, 0.6) is 0 Å². The largest absolute Gasteiger partial charge is 0.388 e. The molecule has 1 aliphatic heterocycles. The summed E-state index contributed by atoms with van der Waals surface area (Å²) in [6.07, 6.45) is 0.604. The Kier molecular flexibility index (Phi) is 3.25. The number of hydrogen-bond acceptors (Lipinski definition) is 5. The molecular formula is C12H20N4O3. The number of anilines is 1. The van der Waals surface area contributed by atoms with Crippen molar-refractivity contribution in [3.8, 4) is 0 Å². The van der Waals surface area contributed by atoms with Crippen LogP contribution in [0.25, 0.3) is 0 Å². The molecule has 19 heavy (non-hydrogen) atoms. The molecule has 1 saturated heterocycles. The van der Waals surface area contributed by atoms with Gasteiger partial charge in [0.15, 0.2) is 0 Å². The van der Waals surface area contributed by atoms with Crippen molar-refractivity contribution in [3.63, 3.8) is 0 Å². The van der Waals surface area contributed by atoms with Crippen LogP contribution in [0.3, 0.4) is 0 Å². The van der Waals surface area contributed by atoms with Gasteiger partial charge in [0, 0.05) is 19.1 Å². The van der Waals surface area contributed by atoms with Crippen LogP contribution < -0.4 is 4.90 Å². The van der Waals surface area contributed by atoms with E-state index in [9.17, 15) is 15.2 Å². The molecule has 1 N–H and O–H groups in total. The van der Waals surface area contributed by atoms with Gasteiger partial charge in [0.25, 0.3) is 0 Å².